The van der Waals surface area contributed by atoms with E-state index in [1.54, 1.807) is 18.2 Å². The summed E-state index contributed by atoms with van der Waals surface area (Å²) in [7, 11) is 0. The average Bonchev–Trinajstić information content (AvgIpc) is 2.53. The van der Waals surface area contributed by atoms with Gasteiger partial charge in [-0.3, -0.25) is 9.78 Å². The first-order chi connectivity index (χ1) is 11.7. The summed E-state index contributed by atoms with van der Waals surface area (Å²) < 4.78 is 52.8. The van der Waals surface area contributed by atoms with Gasteiger partial charge in [0.05, 0.1) is 16.8 Å². The Morgan fingerprint density at radius 1 is 1.28 bits per heavy atom. The highest BCUT2D eigenvalue weighted by Gasteiger charge is 2.48. The molecule has 1 aliphatic carbocycles. The summed E-state index contributed by atoms with van der Waals surface area (Å²) in [6, 6.07) is 5.00. The second kappa shape index (κ2) is 5.94. The van der Waals surface area contributed by atoms with E-state index in [1.165, 1.54) is 6.20 Å². The summed E-state index contributed by atoms with van der Waals surface area (Å²) in [5.74, 6) is -1.67. The van der Waals surface area contributed by atoms with E-state index in [4.69, 9.17) is 5.73 Å². The number of aromatic nitrogens is 3. The number of pyridine rings is 1. The number of alkyl halides is 4. The maximum absolute atomic E-state index is 13.5. The predicted molar refractivity (Wildman–Crippen MR) is 79.2 cm³/mol. The first kappa shape index (κ1) is 17.1. The highest BCUT2D eigenvalue weighted by molar-refractivity contribution is 5.93. The van der Waals surface area contributed by atoms with Crippen molar-refractivity contribution in [2.45, 2.75) is 30.7 Å². The molecule has 0 aliphatic heterocycles. The van der Waals surface area contributed by atoms with Crippen LogP contribution in [0.2, 0.25) is 0 Å². The minimum Gasteiger partial charge on any atom is -0.365 e. The van der Waals surface area contributed by atoms with Crippen molar-refractivity contribution < 1.29 is 22.4 Å². The summed E-state index contributed by atoms with van der Waals surface area (Å²) in [6.07, 6.45) is -3.75. The van der Waals surface area contributed by atoms with E-state index >= 15 is 0 Å². The molecule has 0 spiro atoms. The normalized spacial score (nSPS) is 23.0. The third-order valence-electron chi connectivity index (χ3n) is 3.97. The Morgan fingerprint density at radius 3 is 2.52 bits per heavy atom. The zero-order chi connectivity index (χ0) is 18.2. The van der Waals surface area contributed by atoms with Gasteiger partial charge in [0.15, 0.2) is 5.69 Å². The number of halogens is 4. The number of hydrogen-bond donors (Lipinski definition) is 2. The molecule has 0 unspecified atom stereocenters. The van der Waals surface area contributed by atoms with E-state index < -0.39 is 35.1 Å². The number of rotatable bonds is 4. The summed E-state index contributed by atoms with van der Waals surface area (Å²) in [5, 5.41) is 2.74. The molecule has 3 rings (SSSR count). The topological polar surface area (TPSA) is 93.8 Å². The van der Waals surface area contributed by atoms with Gasteiger partial charge in [-0.2, -0.15) is 13.2 Å². The van der Waals surface area contributed by atoms with Gasteiger partial charge >= 0.3 is 6.18 Å². The lowest BCUT2D eigenvalue weighted by atomic mass is 9.72. The molecule has 1 saturated carbocycles. The summed E-state index contributed by atoms with van der Waals surface area (Å²) >= 11 is 0. The molecule has 10 heteroatoms. The molecule has 25 heavy (non-hydrogen) atoms. The molecule has 1 amide bonds. The fourth-order valence-electron chi connectivity index (χ4n) is 2.77. The lowest BCUT2D eigenvalue weighted by Crippen LogP contribution is -2.49. The molecule has 1 aliphatic rings. The molecule has 0 aromatic carbocycles. The molecular weight excluding hydrogens is 342 g/mol. The zero-order valence-electron chi connectivity index (χ0n) is 12.7. The number of nitrogens with zero attached hydrogens (tertiary/aromatic N) is 3. The standard InChI is InChI=1S/C15H13F4N5O/c16-8-5-14(6-8,10-3-1-2-4-21-10)24-13-22-7-9(12(20)25)11(23-13)15(17,18)19/h1-4,7-8H,5-6H2,(H2,20,25)(H,22,23,24). The summed E-state index contributed by atoms with van der Waals surface area (Å²) in [4.78, 5) is 22.4. The van der Waals surface area contributed by atoms with E-state index in [0.29, 0.717) is 11.9 Å². The zero-order valence-corrected chi connectivity index (χ0v) is 12.7. The highest BCUT2D eigenvalue weighted by Crippen LogP contribution is 2.44. The molecule has 0 radical (unpaired) electrons. The van der Waals surface area contributed by atoms with Crippen molar-refractivity contribution in [3.05, 3.63) is 47.5 Å². The molecule has 132 valence electrons. The van der Waals surface area contributed by atoms with Crippen LogP contribution in [0.5, 0.6) is 0 Å². The lowest BCUT2D eigenvalue weighted by molar-refractivity contribution is -0.141. The summed E-state index contributed by atoms with van der Waals surface area (Å²) in [6.45, 7) is 0. The Labute approximate surface area is 139 Å². The fraction of sp³-hybridized carbons (Fsp3) is 0.333. The summed E-state index contributed by atoms with van der Waals surface area (Å²) in [5.41, 5.74) is 2.13. The molecule has 0 atom stereocenters. The van der Waals surface area contributed by atoms with Crippen molar-refractivity contribution >= 4 is 11.9 Å². The van der Waals surface area contributed by atoms with Crippen LogP contribution in [-0.4, -0.2) is 27.0 Å². The fourth-order valence-corrected chi connectivity index (χ4v) is 2.77. The van der Waals surface area contributed by atoms with Crippen molar-refractivity contribution in [1.82, 2.24) is 15.0 Å². The van der Waals surface area contributed by atoms with Gasteiger partial charge in [0.25, 0.3) is 5.91 Å². The van der Waals surface area contributed by atoms with E-state index in [0.717, 1.165) is 0 Å². The van der Waals surface area contributed by atoms with Crippen molar-refractivity contribution in [2.75, 3.05) is 5.32 Å². The van der Waals surface area contributed by atoms with Crippen LogP contribution in [0.1, 0.15) is 34.6 Å². The Kier molecular flexibility index (Phi) is 4.05. The van der Waals surface area contributed by atoms with Crippen LogP contribution in [0.3, 0.4) is 0 Å². The van der Waals surface area contributed by atoms with Gasteiger partial charge in [-0.15, -0.1) is 0 Å². The van der Waals surface area contributed by atoms with E-state index in [1.807, 2.05) is 0 Å². The van der Waals surface area contributed by atoms with Crippen molar-refractivity contribution in [3.8, 4) is 0 Å². The second-order valence-corrected chi connectivity index (χ2v) is 5.75. The number of nitrogens with one attached hydrogen (secondary N) is 1. The number of carbonyl (C=O) groups excluding carboxylic acids is 1. The third-order valence-corrected chi connectivity index (χ3v) is 3.97. The van der Waals surface area contributed by atoms with E-state index in [-0.39, 0.29) is 18.8 Å². The Hall–Kier alpha value is -2.78. The largest absolute Gasteiger partial charge is 0.434 e. The van der Waals surface area contributed by atoms with Crippen LogP contribution in [0.4, 0.5) is 23.5 Å². The van der Waals surface area contributed by atoms with Crippen LogP contribution in [0.25, 0.3) is 0 Å². The number of anilines is 1. The van der Waals surface area contributed by atoms with Gasteiger partial charge in [0, 0.05) is 25.2 Å². The first-order valence-corrected chi connectivity index (χ1v) is 7.29. The van der Waals surface area contributed by atoms with Crippen molar-refractivity contribution in [1.29, 1.82) is 0 Å². The first-order valence-electron chi connectivity index (χ1n) is 7.29. The number of amides is 1. The maximum Gasteiger partial charge on any atom is 0.434 e. The SMILES string of the molecule is NC(=O)c1cnc(NC2(c3ccccn3)CC(F)C2)nc1C(F)(F)F. The van der Waals surface area contributed by atoms with E-state index in [2.05, 4.69) is 20.3 Å². The van der Waals surface area contributed by atoms with Crippen LogP contribution >= 0.6 is 0 Å². The minimum absolute atomic E-state index is 0.0201. The molecule has 0 bridgehead atoms. The second-order valence-electron chi connectivity index (χ2n) is 5.75. The van der Waals surface area contributed by atoms with Crippen molar-refractivity contribution in [2.24, 2.45) is 5.73 Å². The monoisotopic (exact) mass is 355 g/mol. The van der Waals surface area contributed by atoms with Gasteiger partial charge < -0.3 is 11.1 Å². The number of carbonyl (C=O) groups is 1. The number of nitrogens with two attached hydrogens (primary N) is 1. The Balaban J connectivity index is 1.98. The molecule has 2 heterocycles. The van der Waals surface area contributed by atoms with Crippen molar-refractivity contribution in [3.63, 3.8) is 0 Å². The number of primary amides is 1. The van der Waals surface area contributed by atoms with Gasteiger partial charge in [0.2, 0.25) is 5.95 Å². The quantitative estimate of drug-likeness (QED) is 0.822. The molecular formula is C15H13F4N5O. The average molecular weight is 355 g/mol. The molecule has 2 aromatic heterocycles. The van der Waals surface area contributed by atoms with Crippen LogP contribution in [-0.2, 0) is 11.7 Å². The Morgan fingerprint density at radius 2 is 2.00 bits per heavy atom. The van der Waals surface area contributed by atoms with Gasteiger partial charge in [-0.25, -0.2) is 14.4 Å². The number of hydrogen-bond acceptors (Lipinski definition) is 5. The minimum atomic E-state index is -4.88. The van der Waals surface area contributed by atoms with Gasteiger partial charge in [0.1, 0.15) is 6.17 Å². The molecule has 6 nitrogen and oxygen atoms in total. The maximum atomic E-state index is 13.5. The predicted octanol–water partition coefficient (Wildman–Crippen LogP) is 2.43. The van der Waals surface area contributed by atoms with Gasteiger partial charge in [-0.05, 0) is 12.1 Å². The lowest BCUT2D eigenvalue weighted by Gasteiger charge is -2.44. The smallest absolute Gasteiger partial charge is 0.365 e. The highest BCUT2D eigenvalue weighted by atomic mass is 19.4. The third kappa shape index (κ3) is 3.24. The van der Waals surface area contributed by atoms with Crippen LogP contribution < -0.4 is 11.1 Å². The Bertz CT molecular complexity index is 790. The van der Waals surface area contributed by atoms with Gasteiger partial charge in [-0.1, -0.05) is 6.07 Å². The molecule has 2 aromatic rings. The molecule has 3 N–H and O–H groups in total. The van der Waals surface area contributed by atoms with E-state index in [9.17, 15) is 22.4 Å². The van der Waals surface area contributed by atoms with Crippen LogP contribution in [0.15, 0.2) is 30.6 Å². The molecule has 0 saturated heterocycles. The van der Waals surface area contributed by atoms with Crippen LogP contribution in [0, 0.1) is 0 Å². The molecule has 1 fully saturated rings.